The summed E-state index contributed by atoms with van der Waals surface area (Å²) in [6, 6.07) is 19.1. The fourth-order valence-electron chi connectivity index (χ4n) is 5.73. The molecule has 11 nitrogen and oxygen atoms in total. The van der Waals surface area contributed by atoms with Crippen LogP contribution >= 0.6 is 0 Å². The van der Waals surface area contributed by atoms with Crippen LogP contribution in [0.5, 0.6) is 5.75 Å². The Morgan fingerprint density at radius 3 is 2.55 bits per heavy atom. The second kappa shape index (κ2) is 14.2. The lowest BCUT2D eigenvalue weighted by Crippen LogP contribution is -2.47. The summed E-state index contributed by atoms with van der Waals surface area (Å²) in [5.74, 6) is 0.345. The summed E-state index contributed by atoms with van der Waals surface area (Å²) in [7, 11) is -5.73. The van der Waals surface area contributed by atoms with E-state index < -0.39 is 31.8 Å². The molecule has 3 aromatic rings. The summed E-state index contributed by atoms with van der Waals surface area (Å²) >= 11 is 0. The number of aliphatic hydroxyl groups is 1. The monoisotopic (exact) mass is 647 g/mol. The van der Waals surface area contributed by atoms with Gasteiger partial charge in [-0.25, -0.2) is 21.6 Å². The summed E-state index contributed by atoms with van der Waals surface area (Å²) in [6.45, 7) is 2.22. The van der Waals surface area contributed by atoms with Crippen LogP contribution in [-0.2, 0) is 29.5 Å². The second-order valence-electron chi connectivity index (χ2n) is 11.4. The number of piperidine rings is 1. The molecule has 0 radical (unpaired) electrons. The van der Waals surface area contributed by atoms with E-state index >= 15 is 0 Å². The third kappa shape index (κ3) is 7.96. The third-order valence-electron chi connectivity index (χ3n) is 8.22. The molecule has 3 aromatic carbocycles. The van der Waals surface area contributed by atoms with Crippen LogP contribution in [0.2, 0.25) is 0 Å². The molecule has 2 aliphatic heterocycles. The number of hydrogen-bond acceptors (Lipinski definition) is 9. The predicted molar refractivity (Wildman–Crippen MR) is 167 cm³/mol. The molecule has 0 amide bonds. The number of sulfonamides is 2. The SMILES string of the molecule is COCCCNS(=O)(=O)c1cccc(OCC(O)CNC2COC3(CCN(S(=O)(=O)c4ccc5ccccc5c4)CC3)C2)c1. The first-order valence-corrected chi connectivity index (χ1v) is 17.8. The zero-order valence-corrected chi connectivity index (χ0v) is 26.5. The molecule has 0 aliphatic carbocycles. The Morgan fingerprint density at radius 2 is 1.77 bits per heavy atom. The van der Waals surface area contributed by atoms with Gasteiger partial charge in [0, 0.05) is 52.0 Å². The van der Waals surface area contributed by atoms with Gasteiger partial charge in [-0.05, 0) is 60.7 Å². The molecule has 2 saturated heterocycles. The minimum Gasteiger partial charge on any atom is -0.491 e. The van der Waals surface area contributed by atoms with E-state index in [4.69, 9.17) is 14.2 Å². The molecule has 2 fully saturated rings. The normalized spacial score (nSPS) is 19.8. The lowest BCUT2D eigenvalue weighted by molar-refractivity contribution is -0.0312. The summed E-state index contributed by atoms with van der Waals surface area (Å²) in [5, 5.41) is 15.8. The van der Waals surface area contributed by atoms with Crippen LogP contribution in [0.1, 0.15) is 25.7 Å². The lowest BCUT2D eigenvalue weighted by Gasteiger charge is -2.38. The number of aliphatic hydroxyl groups excluding tert-OH is 1. The van der Waals surface area contributed by atoms with Crippen LogP contribution in [0.4, 0.5) is 0 Å². The highest BCUT2D eigenvalue weighted by Gasteiger charge is 2.44. The van der Waals surface area contributed by atoms with Crippen molar-refractivity contribution in [2.75, 3.05) is 53.1 Å². The number of benzene rings is 3. The van der Waals surface area contributed by atoms with Crippen LogP contribution < -0.4 is 14.8 Å². The van der Waals surface area contributed by atoms with E-state index in [1.165, 1.54) is 12.1 Å². The van der Waals surface area contributed by atoms with Crippen LogP contribution in [-0.4, -0.2) is 97.1 Å². The minimum atomic E-state index is -3.68. The number of nitrogens with zero attached hydrogens (tertiary/aromatic N) is 1. The standard InChI is InChI=1S/C31H41N3O8S2/c1-40-17-5-14-33-43(36,37)29-9-4-8-28(19-29)41-23-27(35)21-32-26-20-31(42-22-26)12-15-34(16-13-31)44(38,39)30-11-10-24-6-2-3-7-25(24)18-30/h2-4,6-11,18-19,26-27,32-33,35H,5,12-17,20-23H2,1H3. The molecule has 13 heteroatoms. The zero-order valence-electron chi connectivity index (χ0n) is 24.9. The first-order chi connectivity index (χ1) is 21.1. The number of rotatable bonds is 14. The van der Waals surface area contributed by atoms with Crippen molar-refractivity contribution in [3.8, 4) is 5.75 Å². The van der Waals surface area contributed by atoms with Crippen LogP contribution in [0.25, 0.3) is 10.8 Å². The first kappa shape index (κ1) is 32.8. The average molecular weight is 648 g/mol. The topological polar surface area (TPSA) is 144 Å². The van der Waals surface area contributed by atoms with E-state index in [-0.39, 0.29) is 30.6 Å². The Hall–Kier alpha value is -2.62. The fraction of sp³-hybridized carbons (Fsp3) is 0.484. The van der Waals surface area contributed by atoms with Gasteiger partial charge in [-0.1, -0.05) is 36.4 Å². The molecule has 1 spiro atoms. The number of nitrogens with one attached hydrogen (secondary N) is 2. The van der Waals surface area contributed by atoms with E-state index in [0.29, 0.717) is 56.2 Å². The molecule has 5 rings (SSSR count). The predicted octanol–water partition coefficient (Wildman–Crippen LogP) is 2.50. The van der Waals surface area contributed by atoms with Crippen molar-refractivity contribution in [3.63, 3.8) is 0 Å². The Balaban J connectivity index is 1.06. The Labute approximate surface area is 259 Å². The molecule has 240 valence electrons. The number of methoxy groups -OCH3 is 1. The summed E-state index contributed by atoms with van der Waals surface area (Å²) < 4.78 is 72.7. The van der Waals surface area contributed by atoms with Gasteiger partial charge in [-0.15, -0.1) is 0 Å². The van der Waals surface area contributed by atoms with Crippen molar-refractivity contribution in [1.29, 1.82) is 0 Å². The largest absolute Gasteiger partial charge is 0.491 e. The highest BCUT2D eigenvalue weighted by Crippen LogP contribution is 2.37. The zero-order chi connectivity index (χ0) is 31.2. The van der Waals surface area contributed by atoms with E-state index in [1.807, 2.05) is 30.3 Å². The van der Waals surface area contributed by atoms with E-state index in [1.54, 1.807) is 35.7 Å². The summed E-state index contributed by atoms with van der Waals surface area (Å²) in [5.41, 5.74) is -0.391. The quantitative estimate of drug-likeness (QED) is 0.225. The van der Waals surface area contributed by atoms with Crippen LogP contribution in [0.15, 0.2) is 76.5 Å². The van der Waals surface area contributed by atoms with Crippen molar-refractivity contribution < 1.29 is 36.2 Å². The summed E-state index contributed by atoms with van der Waals surface area (Å²) in [6.07, 6.45) is 1.66. The Bertz CT molecular complexity index is 1630. The Morgan fingerprint density at radius 1 is 1.00 bits per heavy atom. The van der Waals surface area contributed by atoms with Gasteiger partial charge in [0.25, 0.3) is 0 Å². The second-order valence-corrected chi connectivity index (χ2v) is 15.1. The molecule has 2 unspecified atom stereocenters. The highest BCUT2D eigenvalue weighted by molar-refractivity contribution is 7.89. The van der Waals surface area contributed by atoms with Crippen molar-refractivity contribution in [3.05, 3.63) is 66.7 Å². The van der Waals surface area contributed by atoms with E-state index in [9.17, 15) is 21.9 Å². The van der Waals surface area contributed by atoms with Crippen molar-refractivity contribution in [2.24, 2.45) is 0 Å². The van der Waals surface area contributed by atoms with Gasteiger partial charge in [0.1, 0.15) is 18.5 Å². The molecular weight excluding hydrogens is 606 g/mol. The van der Waals surface area contributed by atoms with Crippen LogP contribution in [0, 0.1) is 0 Å². The van der Waals surface area contributed by atoms with Crippen molar-refractivity contribution in [1.82, 2.24) is 14.3 Å². The maximum Gasteiger partial charge on any atom is 0.243 e. The number of ether oxygens (including phenoxy) is 3. The molecule has 0 bridgehead atoms. The molecular formula is C31H41N3O8S2. The molecule has 3 N–H and O–H groups in total. The van der Waals surface area contributed by atoms with Gasteiger partial charge in [-0.3, -0.25) is 0 Å². The highest BCUT2D eigenvalue weighted by atomic mass is 32.2. The molecule has 0 aromatic heterocycles. The molecule has 44 heavy (non-hydrogen) atoms. The van der Waals surface area contributed by atoms with Gasteiger partial charge >= 0.3 is 0 Å². The number of hydrogen-bond donors (Lipinski definition) is 3. The van der Waals surface area contributed by atoms with Gasteiger partial charge in [0.05, 0.1) is 22.0 Å². The molecule has 2 atom stereocenters. The maximum absolute atomic E-state index is 13.4. The van der Waals surface area contributed by atoms with E-state index in [0.717, 1.165) is 17.2 Å². The average Bonchev–Trinajstić information content (AvgIpc) is 3.43. The number of fused-ring (bicyclic) bond motifs is 1. The van der Waals surface area contributed by atoms with Gasteiger partial charge in [0.2, 0.25) is 20.0 Å². The third-order valence-corrected chi connectivity index (χ3v) is 11.6. The maximum atomic E-state index is 13.4. The fourth-order valence-corrected chi connectivity index (χ4v) is 8.31. The minimum absolute atomic E-state index is 0.0158. The molecule has 2 heterocycles. The van der Waals surface area contributed by atoms with Crippen molar-refractivity contribution in [2.45, 2.75) is 53.2 Å². The first-order valence-electron chi connectivity index (χ1n) is 14.9. The van der Waals surface area contributed by atoms with Crippen LogP contribution in [0.3, 0.4) is 0 Å². The van der Waals surface area contributed by atoms with Gasteiger partial charge in [-0.2, -0.15) is 4.31 Å². The lowest BCUT2D eigenvalue weighted by atomic mass is 9.88. The van der Waals surface area contributed by atoms with E-state index in [2.05, 4.69) is 10.0 Å². The van der Waals surface area contributed by atoms with Gasteiger partial charge < -0.3 is 24.6 Å². The van der Waals surface area contributed by atoms with Gasteiger partial charge in [0.15, 0.2) is 0 Å². The smallest absolute Gasteiger partial charge is 0.243 e. The molecule has 2 aliphatic rings. The Kier molecular flexibility index (Phi) is 10.6. The molecule has 0 saturated carbocycles. The van der Waals surface area contributed by atoms with Crippen molar-refractivity contribution >= 4 is 30.8 Å². The summed E-state index contributed by atoms with van der Waals surface area (Å²) in [4.78, 5) is 0.391.